The summed E-state index contributed by atoms with van der Waals surface area (Å²) < 4.78 is 39.5. The molecule has 1 N–H and O–H groups in total. The number of anilines is 2. The number of nitrogens with zero attached hydrogens (tertiary/aromatic N) is 3. The van der Waals surface area contributed by atoms with Gasteiger partial charge >= 0.3 is 5.69 Å². The Morgan fingerprint density at radius 1 is 1.29 bits per heavy atom. The second-order valence-corrected chi connectivity index (χ2v) is 4.73. The summed E-state index contributed by atoms with van der Waals surface area (Å²) in [6.45, 7) is -0.420. The Hall–Kier alpha value is -3.17. The van der Waals surface area contributed by atoms with Crippen LogP contribution in [0.3, 0.4) is 0 Å². The summed E-state index contributed by atoms with van der Waals surface area (Å²) in [5.41, 5.74) is -0.852. The minimum Gasteiger partial charge on any atom is -0.345 e. The van der Waals surface area contributed by atoms with Crippen LogP contribution in [0.5, 0.6) is 0 Å². The van der Waals surface area contributed by atoms with E-state index in [1.165, 1.54) is 30.3 Å². The van der Waals surface area contributed by atoms with Gasteiger partial charge in [0.25, 0.3) is 0 Å². The zero-order chi connectivity index (χ0) is 17.9. The average molecular weight is 340 g/mol. The molecule has 1 heterocycles. The first kappa shape index (κ1) is 17.2. The predicted molar refractivity (Wildman–Crippen MR) is 79.1 cm³/mol. The van der Waals surface area contributed by atoms with E-state index in [0.717, 1.165) is 6.07 Å². The third-order valence-corrected chi connectivity index (χ3v) is 3.01. The lowest BCUT2D eigenvalue weighted by atomic mass is 10.2. The summed E-state index contributed by atoms with van der Waals surface area (Å²) in [4.78, 5) is 27.2. The molecule has 1 aromatic heterocycles. The van der Waals surface area contributed by atoms with E-state index in [0.29, 0.717) is 6.07 Å². The second kappa shape index (κ2) is 6.94. The molecule has 1 aromatic carbocycles. The highest BCUT2D eigenvalue weighted by Crippen LogP contribution is 2.24. The molecule has 0 unspecified atom stereocenters. The van der Waals surface area contributed by atoms with Crippen LogP contribution in [0.15, 0.2) is 30.5 Å². The van der Waals surface area contributed by atoms with Gasteiger partial charge in [-0.15, -0.1) is 0 Å². The third kappa shape index (κ3) is 3.59. The molecule has 0 bridgehead atoms. The van der Waals surface area contributed by atoms with E-state index in [4.69, 9.17) is 0 Å². The quantitative estimate of drug-likeness (QED) is 0.513. The highest BCUT2D eigenvalue weighted by atomic mass is 19.2. The number of nitrogens with one attached hydrogen (secondary N) is 1. The number of likely N-dealkylation sites (N-methyl/N-ethyl adjacent to an activating group) is 1. The molecule has 1 amide bonds. The molecule has 0 radical (unpaired) electrons. The lowest BCUT2D eigenvalue weighted by Gasteiger charge is -2.17. The fraction of sp³-hybridized carbons (Fsp3) is 0.143. The molecular formula is C14H11F3N4O3. The lowest BCUT2D eigenvalue weighted by Crippen LogP contribution is -2.31. The number of rotatable bonds is 5. The fourth-order valence-corrected chi connectivity index (χ4v) is 1.93. The Bertz CT molecular complexity index is 801. The van der Waals surface area contributed by atoms with Gasteiger partial charge in [-0.05, 0) is 18.2 Å². The standard InChI is InChI=1S/C14H11F3N4O3/c1-20(14-10(21(23)24)3-2-6-18-14)7-11(22)19-9-5-4-8(15)12(16)13(9)17/h2-6H,7H2,1H3,(H,19,22). The molecule has 0 fully saturated rings. The number of pyridine rings is 1. The molecule has 7 nitrogen and oxygen atoms in total. The molecule has 2 aromatic rings. The zero-order valence-corrected chi connectivity index (χ0v) is 12.3. The van der Waals surface area contributed by atoms with E-state index in [1.807, 2.05) is 0 Å². The monoisotopic (exact) mass is 340 g/mol. The van der Waals surface area contributed by atoms with Crippen LogP contribution in [-0.2, 0) is 4.79 Å². The molecule has 24 heavy (non-hydrogen) atoms. The van der Waals surface area contributed by atoms with Crippen LogP contribution in [0.1, 0.15) is 0 Å². The van der Waals surface area contributed by atoms with Crippen molar-refractivity contribution in [2.75, 3.05) is 23.8 Å². The molecule has 0 saturated heterocycles. The highest BCUT2D eigenvalue weighted by Gasteiger charge is 2.21. The third-order valence-electron chi connectivity index (χ3n) is 3.01. The smallest absolute Gasteiger partial charge is 0.311 e. The van der Waals surface area contributed by atoms with Crippen LogP contribution in [0.2, 0.25) is 0 Å². The molecule has 2 rings (SSSR count). The van der Waals surface area contributed by atoms with Gasteiger partial charge in [-0.2, -0.15) is 0 Å². The molecule has 0 aliphatic carbocycles. The molecule has 0 saturated carbocycles. The molecular weight excluding hydrogens is 329 g/mol. The maximum atomic E-state index is 13.5. The molecule has 10 heteroatoms. The molecule has 0 atom stereocenters. The van der Waals surface area contributed by atoms with Crippen molar-refractivity contribution in [1.82, 2.24) is 4.98 Å². The largest absolute Gasteiger partial charge is 0.345 e. The Balaban J connectivity index is 2.13. The molecule has 0 aliphatic heterocycles. The highest BCUT2D eigenvalue weighted by molar-refractivity contribution is 5.94. The van der Waals surface area contributed by atoms with Crippen molar-refractivity contribution in [3.63, 3.8) is 0 Å². The average Bonchev–Trinajstić information content (AvgIpc) is 2.55. The number of carbonyl (C=O) groups is 1. The van der Waals surface area contributed by atoms with Gasteiger partial charge in [-0.3, -0.25) is 14.9 Å². The topological polar surface area (TPSA) is 88.4 Å². The van der Waals surface area contributed by atoms with Crippen molar-refractivity contribution in [2.24, 2.45) is 0 Å². The minimum absolute atomic E-state index is 0.0663. The Labute approximate surface area is 133 Å². The van der Waals surface area contributed by atoms with Crippen molar-refractivity contribution in [2.45, 2.75) is 0 Å². The van der Waals surface area contributed by atoms with E-state index < -0.39 is 40.5 Å². The number of amides is 1. The summed E-state index contributed by atoms with van der Waals surface area (Å²) in [5.74, 6) is -5.48. The van der Waals surface area contributed by atoms with Crippen molar-refractivity contribution in [3.05, 3.63) is 58.0 Å². The van der Waals surface area contributed by atoms with Crippen molar-refractivity contribution in [3.8, 4) is 0 Å². The number of benzene rings is 1. The summed E-state index contributed by atoms with van der Waals surface area (Å²) in [6, 6.07) is 4.12. The second-order valence-electron chi connectivity index (χ2n) is 4.73. The van der Waals surface area contributed by atoms with Gasteiger partial charge in [0.2, 0.25) is 11.7 Å². The number of nitro groups is 1. The number of carbonyl (C=O) groups excluding carboxylic acids is 1. The van der Waals surface area contributed by atoms with Crippen molar-refractivity contribution in [1.29, 1.82) is 0 Å². The molecule has 0 spiro atoms. The van der Waals surface area contributed by atoms with E-state index >= 15 is 0 Å². The Morgan fingerprint density at radius 2 is 2.00 bits per heavy atom. The maximum Gasteiger partial charge on any atom is 0.311 e. The maximum absolute atomic E-state index is 13.5. The zero-order valence-electron chi connectivity index (χ0n) is 12.3. The Kier molecular flexibility index (Phi) is 4.97. The minimum atomic E-state index is -1.71. The number of hydrogen-bond donors (Lipinski definition) is 1. The fourth-order valence-electron chi connectivity index (χ4n) is 1.93. The van der Waals surface area contributed by atoms with Crippen LogP contribution < -0.4 is 10.2 Å². The summed E-state index contributed by atoms with van der Waals surface area (Å²) >= 11 is 0. The SMILES string of the molecule is CN(CC(=O)Nc1ccc(F)c(F)c1F)c1ncccc1[N+](=O)[O-]. The van der Waals surface area contributed by atoms with Crippen LogP contribution >= 0.6 is 0 Å². The van der Waals surface area contributed by atoms with E-state index in [9.17, 15) is 28.1 Å². The first-order valence-electron chi connectivity index (χ1n) is 6.55. The van der Waals surface area contributed by atoms with Gasteiger partial charge in [-0.1, -0.05) is 0 Å². The van der Waals surface area contributed by atoms with E-state index in [1.54, 1.807) is 0 Å². The first-order chi connectivity index (χ1) is 11.3. The van der Waals surface area contributed by atoms with Crippen molar-refractivity contribution < 1.29 is 22.9 Å². The molecule has 126 valence electrons. The van der Waals surface area contributed by atoms with Gasteiger partial charge in [-0.25, -0.2) is 18.2 Å². The van der Waals surface area contributed by atoms with Crippen LogP contribution in [0.4, 0.5) is 30.4 Å². The summed E-state index contributed by atoms with van der Waals surface area (Å²) in [6.07, 6.45) is 1.31. The Morgan fingerprint density at radius 3 is 2.67 bits per heavy atom. The predicted octanol–water partition coefficient (Wildman–Crippen LogP) is 2.48. The van der Waals surface area contributed by atoms with Gasteiger partial charge in [0.1, 0.15) is 0 Å². The van der Waals surface area contributed by atoms with E-state index in [2.05, 4.69) is 10.3 Å². The molecule has 0 aliphatic rings. The van der Waals surface area contributed by atoms with Crippen LogP contribution in [-0.4, -0.2) is 29.4 Å². The van der Waals surface area contributed by atoms with Gasteiger partial charge < -0.3 is 10.2 Å². The summed E-state index contributed by atoms with van der Waals surface area (Å²) in [5, 5.41) is 13.0. The number of hydrogen-bond acceptors (Lipinski definition) is 5. The lowest BCUT2D eigenvalue weighted by molar-refractivity contribution is -0.384. The normalized spacial score (nSPS) is 10.3. The van der Waals surface area contributed by atoms with Crippen LogP contribution in [0, 0.1) is 27.6 Å². The van der Waals surface area contributed by atoms with Gasteiger partial charge in [0.05, 0.1) is 17.2 Å². The van der Waals surface area contributed by atoms with E-state index in [-0.39, 0.29) is 11.5 Å². The van der Waals surface area contributed by atoms with Gasteiger partial charge in [0, 0.05) is 19.3 Å². The van der Waals surface area contributed by atoms with Gasteiger partial charge in [0.15, 0.2) is 17.5 Å². The number of halogens is 3. The van der Waals surface area contributed by atoms with Crippen molar-refractivity contribution >= 4 is 23.1 Å². The first-order valence-corrected chi connectivity index (χ1v) is 6.55. The summed E-state index contributed by atoms with van der Waals surface area (Å²) in [7, 11) is 1.37. The van der Waals surface area contributed by atoms with Crippen LogP contribution in [0.25, 0.3) is 0 Å². The number of aromatic nitrogens is 1.